The molecule has 0 bridgehead atoms. The molecule has 0 radical (unpaired) electrons. The van der Waals surface area contributed by atoms with E-state index in [0.717, 1.165) is 0 Å². The Morgan fingerprint density at radius 3 is 3.14 bits per heavy atom. The molecule has 1 saturated heterocycles. The van der Waals surface area contributed by atoms with Gasteiger partial charge in [-0.1, -0.05) is 6.08 Å². The maximum absolute atomic E-state index is 11.8. The van der Waals surface area contributed by atoms with Crippen molar-refractivity contribution in [3.63, 3.8) is 0 Å². The summed E-state index contributed by atoms with van der Waals surface area (Å²) < 4.78 is 5.25. The van der Waals surface area contributed by atoms with Crippen LogP contribution in [0.5, 0.6) is 0 Å². The molecule has 1 aliphatic rings. The lowest BCUT2D eigenvalue weighted by Crippen LogP contribution is -2.52. The highest BCUT2D eigenvalue weighted by molar-refractivity contribution is 5.82. The molecule has 0 aromatic rings. The van der Waals surface area contributed by atoms with Gasteiger partial charge in [-0.2, -0.15) is 0 Å². The summed E-state index contributed by atoms with van der Waals surface area (Å²) in [6.45, 7) is 7.40. The number of nitrogens with zero attached hydrogens (tertiary/aromatic N) is 1. The Balaban J connectivity index is 2.53. The van der Waals surface area contributed by atoms with Crippen LogP contribution in [0.25, 0.3) is 0 Å². The molecule has 1 rings (SSSR count). The Morgan fingerprint density at radius 1 is 1.86 bits per heavy atom. The Morgan fingerprint density at radius 2 is 2.57 bits per heavy atom. The van der Waals surface area contributed by atoms with Crippen LogP contribution >= 0.6 is 0 Å². The first kappa shape index (κ1) is 11.2. The van der Waals surface area contributed by atoms with E-state index in [0.29, 0.717) is 26.2 Å². The van der Waals surface area contributed by atoms with E-state index in [1.54, 1.807) is 11.0 Å². The zero-order chi connectivity index (χ0) is 10.6. The van der Waals surface area contributed by atoms with Gasteiger partial charge in [-0.3, -0.25) is 4.79 Å². The largest absolute Gasteiger partial charge is 0.377 e. The van der Waals surface area contributed by atoms with Crippen LogP contribution in [-0.2, 0) is 9.53 Å². The number of morpholine rings is 1. The molecule has 1 aliphatic heterocycles. The number of amides is 1. The van der Waals surface area contributed by atoms with Gasteiger partial charge in [-0.05, 0) is 13.3 Å². The number of nitrogens with two attached hydrogens (primary N) is 1. The van der Waals surface area contributed by atoms with Gasteiger partial charge in [-0.25, -0.2) is 0 Å². The van der Waals surface area contributed by atoms with E-state index in [1.165, 1.54) is 0 Å². The summed E-state index contributed by atoms with van der Waals surface area (Å²) in [4.78, 5) is 13.6. The molecule has 2 atom stereocenters. The van der Waals surface area contributed by atoms with Gasteiger partial charge in [0.2, 0.25) is 5.91 Å². The first-order valence-electron chi connectivity index (χ1n) is 4.91. The average Bonchev–Trinajstić information content (AvgIpc) is 2.18. The quantitative estimate of drug-likeness (QED) is 0.656. The third-order valence-corrected chi connectivity index (χ3v) is 2.39. The molecule has 4 nitrogen and oxygen atoms in total. The Hall–Kier alpha value is -0.870. The third-order valence-electron chi connectivity index (χ3n) is 2.39. The van der Waals surface area contributed by atoms with E-state index in [1.807, 2.05) is 6.92 Å². The highest BCUT2D eigenvalue weighted by Gasteiger charge is 2.26. The van der Waals surface area contributed by atoms with Crippen molar-refractivity contribution in [2.24, 2.45) is 5.73 Å². The topological polar surface area (TPSA) is 55.6 Å². The maximum atomic E-state index is 11.8. The molecule has 1 heterocycles. The van der Waals surface area contributed by atoms with Crippen molar-refractivity contribution in [1.29, 1.82) is 0 Å². The van der Waals surface area contributed by atoms with E-state index in [4.69, 9.17) is 10.5 Å². The van der Waals surface area contributed by atoms with E-state index in [9.17, 15) is 4.79 Å². The highest BCUT2D eigenvalue weighted by Crippen LogP contribution is 2.08. The maximum Gasteiger partial charge on any atom is 0.240 e. The fourth-order valence-electron chi connectivity index (χ4n) is 1.55. The summed E-state index contributed by atoms with van der Waals surface area (Å²) in [5, 5.41) is 0. The van der Waals surface area contributed by atoms with Gasteiger partial charge < -0.3 is 15.4 Å². The van der Waals surface area contributed by atoms with Crippen LogP contribution in [0.4, 0.5) is 0 Å². The Bertz CT molecular complexity index is 218. The third kappa shape index (κ3) is 2.56. The Labute approximate surface area is 84.7 Å². The summed E-state index contributed by atoms with van der Waals surface area (Å²) in [5.74, 6) is 0.000648. The molecule has 2 N–H and O–H groups in total. The number of rotatable bonds is 3. The van der Waals surface area contributed by atoms with Crippen molar-refractivity contribution in [1.82, 2.24) is 4.90 Å². The molecule has 80 valence electrons. The lowest BCUT2D eigenvalue weighted by molar-refractivity contribution is -0.140. The number of hydrogen-bond acceptors (Lipinski definition) is 3. The van der Waals surface area contributed by atoms with Crippen LogP contribution in [0, 0.1) is 0 Å². The first-order valence-corrected chi connectivity index (χ1v) is 4.91. The summed E-state index contributed by atoms with van der Waals surface area (Å²) >= 11 is 0. The van der Waals surface area contributed by atoms with E-state index in [2.05, 4.69) is 6.58 Å². The van der Waals surface area contributed by atoms with E-state index >= 15 is 0 Å². The van der Waals surface area contributed by atoms with Crippen LogP contribution < -0.4 is 5.73 Å². The van der Waals surface area contributed by atoms with Crippen LogP contribution in [0.15, 0.2) is 12.7 Å². The predicted octanol–water partition coefficient (Wildman–Crippen LogP) is 0.137. The lowest BCUT2D eigenvalue weighted by atomic mass is 10.1. The zero-order valence-electron chi connectivity index (χ0n) is 8.61. The molecule has 0 aromatic heterocycles. The standard InChI is InChI=1S/C10H18N2O2/c1-3-4-9(11)10(13)12-5-6-14-7-8(12)2/h3,8-9H,1,4-7,11H2,2H3/t8-,9?/m1/s1. The van der Waals surface area contributed by atoms with E-state index < -0.39 is 6.04 Å². The molecular formula is C10H18N2O2. The van der Waals surface area contributed by atoms with Gasteiger partial charge in [0.05, 0.1) is 25.3 Å². The molecule has 0 saturated carbocycles. The van der Waals surface area contributed by atoms with Crippen LogP contribution in [0.2, 0.25) is 0 Å². The van der Waals surface area contributed by atoms with Crippen molar-refractivity contribution < 1.29 is 9.53 Å². The fraction of sp³-hybridized carbons (Fsp3) is 0.700. The average molecular weight is 198 g/mol. The molecule has 1 fully saturated rings. The number of carbonyl (C=O) groups is 1. The minimum atomic E-state index is -0.451. The first-order chi connectivity index (χ1) is 6.66. The molecule has 4 heteroatoms. The van der Waals surface area contributed by atoms with Gasteiger partial charge in [0.25, 0.3) is 0 Å². The van der Waals surface area contributed by atoms with E-state index in [-0.39, 0.29) is 11.9 Å². The molecular weight excluding hydrogens is 180 g/mol. The van der Waals surface area contributed by atoms with Gasteiger partial charge in [0.15, 0.2) is 0 Å². The van der Waals surface area contributed by atoms with Crippen molar-refractivity contribution in [2.75, 3.05) is 19.8 Å². The molecule has 0 spiro atoms. The predicted molar refractivity (Wildman–Crippen MR) is 54.8 cm³/mol. The minimum Gasteiger partial charge on any atom is -0.377 e. The normalized spacial score (nSPS) is 24.4. The molecule has 0 aliphatic carbocycles. The van der Waals surface area contributed by atoms with Crippen molar-refractivity contribution in [2.45, 2.75) is 25.4 Å². The van der Waals surface area contributed by atoms with Crippen molar-refractivity contribution in [3.05, 3.63) is 12.7 Å². The number of hydrogen-bond donors (Lipinski definition) is 1. The zero-order valence-corrected chi connectivity index (χ0v) is 8.61. The smallest absolute Gasteiger partial charge is 0.240 e. The van der Waals surface area contributed by atoms with Crippen LogP contribution in [0.1, 0.15) is 13.3 Å². The van der Waals surface area contributed by atoms with Crippen LogP contribution in [-0.4, -0.2) is 42.6 Å². The van der Waals surface area contributed by atoms with Crippen molar-refractivity contribution >= 4 is 5.91 Å². The summed E-state index contributed by atoms with van der Waals surface area (Å²) in [6.07, 6.45) is 2.20. The molecule has 1 unspecified atom stereocenters. The summed E-state index contributed by atoms with van der Waals surface area (Å²) in [5.41, 5.74) is 5.72. The fourth-order valence-corrected chi connectivity index (χ4v) is 1.55. The second kappa shape index (κ2) is 5.12. The lowest BCUT2D eigenvalue weighted by Gasteiger charge is -2.34. The van der Waals surface area contributed by atoms with Crippen molar-refractivity contribution in [3.8, 4) is 0 Å². The second-order valence-electron chi connectivity index (χ2n) is 3.59. The second-order valence-corrected chi connectivity index (χ2v) is 3.59. The monoisotopic (exact) mass is 198 g/mol. The van der Waals surface area contributed by atoms with Gasteiger partial charge in [0.1, 0.15) is 0 Å². The molecule has 0 aromatic carbocycles. The molecule has 1 amide bonds. The molecule has 14 heavy (non-hydrogen) atoms. The summed E-state index contributed by atoms with van der Waals surface area (Å²) in [7, 11) is 0. The van der Waals surface area contributed by atoms with Gasteiger partial charge >= 0.3 is 0 Å². The minimum absolute atomic E-state index is 0.000648. The Kier molecular flexibility index (Phi) is 4.10. The SMILES string of the molecule is C=CCC(N)C(=O)N1CCOC[C@H]1C. The number of ether oxygens (including phenoxy) is 1. The highest BCUT2D eigenvalue weighted by atomic mass is 16.5. The number of carbonyl (C=O) groups excluding carboxylic acids is 1. The summed E-state index contributed by atoms with van der Waals surface area (Å²) in [6, 6.07) is -0.319. The van der Waals surface area contributed by atoms with Gasteiger partial charge in [0, 0.05) is 6.54 Å². The van der Waals surface area contributed by atoms with Gasteiger partial charge in [-0.15, -0.1) is 6.58 Å². The van der Waals surface area contributed by atoms with Crippen LogP contribution in [0.3, 0.4) is 0 Å².